The molecule has 94 valence electrons. The highest BCUT2D eigenvalue weighted by Gasteiger charge is 2.24. The van der Waals surface area contributed by atoms with Gasteiger partial charge < -0.3 is 14.6 Å². The van der Waals surface area contributed by atoms with Gasteiger partial charge in [-0.2, -0.15) is 0 Å². The minimum Gasteiger partial charge on any atom is -0.375 e. The lowest BCUT2D eigenvalue weighted by atomic mass is 10.1. The topological polar surface area (TPSA) is 45.3 Å². The Morgan fingerprint density at radius 1 is 1.44 bits per heavy atom. The first kappa shape index (κ1) is 11.3. The van der Waals surface area contributed by atoms with Gasteiger partial charge in [-0.15, -0.1) is 0 Å². The zero-order chi connectivity index (χ0) is 12.5. The molecule has 1 unspecified atom stereocenters. The number of carbonyl (C=O) groups is 1. The molecule has 1 aromatic carbocycles. The highest BCUT2D eigenvalue weighted by atomic mass is 16.5. The average Bonchev–Trinajstić information content (AvgIpc) is 2.82. The van der Waals surface area contributed by atoms with E-state index < -0.39 is 0 Å². The summed E-state index contributed by atoms with van der Waals surface area (Å²) in [5, 5.41) is 0.988. The number of nitrogens with zero attached hydrogens (tertiary/aromatic N) is 1. The summed E-state index contributed by atoms with van der Waals surface area (Å²) in [6.45, 7) is 3.95. The van der Waals surface area contributed by atoms with E-state index in [2.05, 4.69) is 4.98 Å². The number of para-hydroxylation sites is 1. The Labute approximate surface area is 106 Å². The Hall–Kier alpha value is -1.81. The lowest BCUT2D eigenvalue weighted by Crippen LogP contribution is -2.44. The molecule has 0 spiro atoms. The number of morpholine rings is 1. The fraction of sp³-hybridized carbons (Fsp3) is 0.357. The number of aromatic amines is 1. The second kappa shape index (κ2) is 4.46. The van der Waals surface area contributed by atoms with Crippen LogP contribution in [0.1, 0.15) is 17.3 Å². The summed E-state index contributed by atoms with van der Waals surface area (Å²) in [5.41, 5.74) is 1.75. The number of nitrogens with one attached hydrogen (secondary N) is 1. The van der Waals surface area contributed by atoms with Crippen molar-refractivity contribution < 1.29 is 9.53 Å². The first-order chi connectivity index (χ1) is 8.75. The molecule has 1 aliphatic rings. The number of rotatable bonds is 1. The highest BCUT2D eigenvalue weighted by molar-refractivity contribution is 6.06. The smallest absolute Gasteiger partial charge is 0.256 e. The van der Waals surface area contributed by atoms with Gasteiger partial charge in [-0.3, -0.25) is 4.79 Å². The van der Waals surface area contributed by atoms with Crippen LogP contribution >= 0.6 is 0 Å². The molecular formula is C14H16N2O2. The molecule has 4 heteroatoms. The number of fused-ring (bicyclic) bond motifs is 1. The SMILES string of the molecule is CC1CN(C(=O)c2c[nH]c3ccccc23)CCO1. The Bertz CT molecular complexity index is 576. The molecular weight excluding hydrogens is 228 g/mol. The van der Waals surface area contributed by atoms with E-state index in [4.69, 9.17) is 4.74 Å². The molecule has 3 rings (SSSR count). The summed E-state index contributed by atoms with van der Waals surface area (Å²) in [6, 6.07) is 7.87. The molecule has 1 saturated heterocycles. The van der Waals surface area contributed by atoms with E-state index >= 15 is 0 Å². The van der Waals surface area contributed by atoms with Gasteiger partial charge in [0.15, 0.2) is 0 Å². The van der Waals surface area contributed by atoms with Crippen LogP contribution in [0.15, 0.2) is 30.5 Å². The predicted molar refractivity (Wildman–Crippen MR) is 69.6 cm³/mol. The molecule has 1 fully saturated rings. The molecule has 0 radical (unpaired) electrons. The average molecular weight is 244 g/mol. The summed E-state index contributed by atoms with van der Waals surface area (Å²) >= 11 is 0. The van der Waals surface area contributed by atoms with Gasteiger partial charge in [0.1, 0.15) is 0 Å². The summed E-state index contributed by atoms with van der Waals surface area (Å²) in [7, 11) is 0. The van der Waals surface area contributed by atoms with Crippen molar-refractivity contribution in [1.82, 2.24) is 9.88 Å². The third kappa shape index (κ3) is 1.88. The maximum Gasteiger partial charge on any atom is 0.256 e. The second-order valence-corrected chi connectivity index (χ2v) is 4.68. The summed E-state index contributed by atoms with van der Waals surface area (Å²) in [6.07, 6.45) is 1.92. The van der Waals surface area contributed by atoms with E-state index in [0.29, 0.717) is 19.7 Å². The number of hydrogen-bond acceptors (Lipinski definition) is 2. The van der Waals surface area contributed by atoms with E-state index in [1.54, 1.807) is 6.20 Å². The van der Waals surface area contributed by atoms with Crippen molar-refractivity contribution in [3.63, 3.8) is 0 Å². The molecule has 1 N–H and O–H groups in total. The maximum atomic E-state index is 12.5. The zero-order valence-corrected chi connectivity index (χ0v) is 10.3. The van der Waals surface area contributed by atoms with E-state index in [0.717, 1.165) is 16.5 Å². The third-order valence-electron chi connectivity index (χ3n) is 3.35. The molecule has 2 aromatic rings. The van der Waals surface area contributed by atoms with Gasteiger partial charge in [0.2, 0.25) is 0 Å². The largest absolute Gasteiger partial charge is 0.375 e. The molecule has 1 amide bonds. The molecule has 18 heavy (non-hydrogen) atoms. The van der Waals surface area contributed by atoms with Crippen LogP contribution in [0.2, 0.25) is 0 Å². The second-order valence-electron chi connectivity index (χ2n) is 4.68. The van der Waals surface area contributed by atoms with Crippen LogP contribution in [-0.4, -0.2) is 41.6 Å². The van der Waals surface area contributed by atoms with Gasteiger partial charge in [-0.1, -0.05) is 18.2 Å². The van der Waals surface area contributed by atoms with Gasteiger partial charge in [0.05, 0.1) is 18.3 Å². The maximum absolute atomic E-state index is 12.5. The normalized spacial score (nSPS) is 20.3. The van der Waals surface area contributed by atoms with Crippen LogP contribution in [0.25, 0.3) is 10.9 Å². The standard InChI is InChI=1S/C14H16N2O2/c1-10-9-16(6-7-18-10)14(17)12-8-15-13-5-3-2-4-11(12)13/h2-5,8,10,15H,6-7,9H2,1H3. The molecule has 1 aromatic heterocycles. The highest BCUT2D eigenvalue weighted by Crippen LogP contribution is 2.20. The van der Waals surface area contributed by atoms with Gasteiger partial charge in [-0.25, -0.2) is 0 Å². The number of ether oxygens (including phenoxy) is 1. The number of aromatic nitrogens is 1. The van der Waals surface area contributed by atoms with Gasteiger partial charge in [0.25, 0.3) is 5.91 Å². The van der Waals surface area contributed by atoms with E-state index in [9.17, 15) is 4.79 Å². The molecule has 0 bridgehead atoms. The van der Waals surface area contributed by atoms with Crippen molar-refractivity contribution in [2.75, 3.05) is 19.7 Å². The van der Waals surface area contributed by atoms with Crippen molar-refractivity contribution in [3.8, 4) is 0 Å². The molecule has 4 nitrogen and oxygen atoms in total. The first-order valence-corrected chi connectivity index (χ1v) is 6.22. The monoisotopic (exact) mass is 244 g/mol. The van der Waals surface area contributed by atoms with Crippen molar-refractivity contribution >= 4 is 16.8 Å². The van der Waals surface area contributed by atoms with Gasteiger partial charge in [0, 0.05) is 30.2 Å². The van der Waals surface area contributed by atoms with Crippen LogP contribution in [-0.2, 0) is 4.74 Å². The minimum atomic E-state index is 0.0857. The first-order valence-electron chi connectivity index (χ1n) is 6.22. The van der Waals surface area contributed by atoms with E-state index in [-0.39, 0.29) is 12.0 Å². The third-order valence-corrected chi connectivity index (χ3v) is 3.35. The molecule has 2 heterocycles. The van der Waals surface area contributed by atoms with Crippen LogP contribution < -0.4 is 0 Å². The quantitative estimate of drug-likeness (QED) is 0.834. The number of carbonyl (C=O) groups excluding carboxylic acids is 1. The lowest BCUT2D eigenvalue weighted by Gasteiger charge is -2.31. The summed E-state index contributed by atoms with van der Waals surface area (Å²) in [5.74, 6) is 0.0857. The van der Waals surface area contributed by atoms with E-state index in [1.165, 1.54) is 0 Å². The molecule has 1 atom stereocenters. The Morgan fingerprint density at radius 2 is 2.28 bits per heavy atom. The van der Waals surface area contributed by atoms with Crippen LogP contribution in [0.5, 0.6) is 0 Å². The number of amides is 1. The van der Waals surface area contributed by atoms with Crippen molar-refractivity contribution in [3.05, 3.63) is 36.0 Å². The molecule has 1 aliphatic heterocycles. The zero-order valence-electron chi connectivity index (χ0n) is 10.3. The Kier molecular flexibility index (Phi) is 2.80. The summed E-state index contributed by atoms with van der Waals surface area (Å²) in [4.78, 5) is 17.5. The molecule has 0 saturated carbocycles. The minimum absolute atomic E-state index is 0.0857. The summed E-state index contributed by atoms with van der Waals surface area (Å²) < 4.78 is 5.46. The Morgan fingerprint density at radius 3 is 3.11 bits per heavy atom. The van der Waals surface area contributed by atoms with Crippen molar-refractivity contribution in [2.24, 2.45) is 0 Å². The lowest BCUT2D eigenvalue weighted by molar-refractivity contribution is -0.0123. The van der Waals surface area contributed by atoms with E-state index in [1.807, 2.05) is 36.1 Å². The predicted octanol–water partition coefficient (Wildman–Crippen LogP) is 2.03. The number of hydrogen-bond donors (Lipinski definition) is 1. The van der Waals surface area contributed by atoms with Crippen LogP contribution in [0, 0.1) is 0 Å². The fourth-order valence-electron chi connectivity index (χ4n) is 2.42. The van der Waals surface area contributed by atoms with Gasteiger partial charge >= 0.3 is 0 Å². The van der Waals surface area contributed by atoms with Gasteiger partial charge in [-0.05, 0) is 13.0 Å². The number of H-pyrrole nitrogens is 1. The van der Waals surface area contributed by atoms with Crippen LogP contribution in [0.3, 0.4) is 0 Å². The number of benzene rings is 1. The van der Waals surface area contributed by atoms with Crippen molar-refractivity contribution in [1.29, 1.82) is 0 Å². The molecule has 0 aliphatic carbocycles. The van der Waals surface area contributed by atoms with Crippen molar-refractivity contribution in [2.45, 2.75) is 13.0 Å². The van der Waals surface area contributed by atoms with Crippen LogP contribution in [0.4, 0.5) is 0 Å². The fourth-order valence-corrected chi connectivity index (χ4v) is 2.42. The Balaban J connectivity index is 1.92.